The molecular formula is C27H38O. The predicted octanol–water partition coefficient (Wildman–Crippen LogP) is 8.41. The Balaban J connectivity index is 0.000000271. The molecule has 0 spiro atoms. The highest BCUT2D eigenvalue weighted by molar-refractivity contribution is 5.85. The highest BCUT2D eigenvalue weighted by Gasteiger charge is 2.13. The number of fused-ring (bicyclic) bond motifs is 1. The summed E-state index contributed by atoms with van der Waals surface area (Å²) in [5.74, 6) is 1.40. The van der Waals surface area contributed by atoms with Gasteiger partial charge in [0.05, 0.1) is 0 Å². The van der Waals surface area contributed by atoms with Crippen LogP contribution in [0.3, 0.4) is 0 Å². The third-order valence-electron chi connectivity index (χ3n) is 4.96. The number of phenolic OH excluding ortho intramolecular Hbond substituents is 1. The van der Waals surface area contributed by atoms with Crippen LogP contribution >= 0.6 is 0 Å². The van der Waals surface area contributed by atoms with Crippen LogP contribution in [0.15, 0.2) is 60.7 Å². The molecule has 0 aliphatic rings. The maximum absolute atomic E-state index is 9.78. The lowest BCUT2D eigenvalue weighted by Gasteiger charge is -2.19. The van der Waals surface area contributed by atoms with Gasteiger partial charge in [0, 0.05) is 0 Å². The van der Waals surface area contributed by atoms with Crippen molar-refractivity contribution in [2.45, 2.75) is 73.1 Å². The molecule has 152 valence electrons. The number of phenols is 1. The number of benzene rings is 3. The first-order valence-electron chi connectivity index (χ1n) is 9.91. The summed E-state index contributed by atoms with van der Waals surface area (Å²) >= 11 is 0. The third-order valence-corrected chi connectivity index (χ3v) is 4.96. The summed E-state index contributed by atoms with van der Waals surface area (Å²) in [6.45, 7) is 15.4. The first-order chi connectivity index (χ1) is 12.6. The topological polar surface area (TPSA) is 20.2 Å². The molecule has 1 nitrogen and oxygen atoms in total. The minimum absolute atomic E-state index is 0. The van der Waals surface area contributed by atoms with Gasteiger partial charge in [0.1, 0.15) is 5.75 Å². The van der Waals surface area contributed by atoms with Crippen molar-refractivity contribution >= 4 is 10.8 Å². The summed E-state index contributed by atoms with van der Waals surface area (Å²) in [5, 5.41) is 12.1. The molecule has 0 aliphatic heterocycles. The van der Waals surface area contributed by atoms with Crippen LogP contribution in [0.5, 0.6) is 5.75 Å². The average Bonchev–Trinajstić information content (AvgIpc) is 2.61. The molecule has 3 rings (SSSR count). The van der Waals surface area contributed by atoms with Gasteiger partial charge in [-0.2, -0.15) is 0 Å². The van der Waals surface area contributed by atoms with Crippen LogP contribution in [0, 0.1) is 0 Å². The predicted molar refractivity (Wildman–Crippen MR) is 126 cm³/mol. The zero-order valence-electron chi connectivity index (χ0n) is 17.9. The molecule has 0 unspecified atom stereocenters. The van der Waals surface area contributed by atoms with E-state index in [-0.39, 0.29) is 12.8 Å². The summed E-state index contributed by atoms with van der Waals surface area (Å²) in [6.07, 6.45) is 0. The van der Waals surface area contributed by atoms with Crippen LogP contribution in [0.25, 0.3) is 10.8 Å². The van der Waals surface area contributed by atoms with Crippen molar-refractivity contribution in [1.82, 2.24) is 0 Å². The van der Waals surface area contributed by atoms with Crippen molar-refractivity contribution in [1.29, 1.82) is 0 Å². The summed E-state index contributed by atoms with van der Waals surface area (Å²) in [7, 11) is 0. The van der Waals surface area contributed by atoms with E-state index in [1.165, 1.54) is 16.5 Å². The van der Waals surface area contributed by atoms with Gasteiger partial charge < -0.3 is 5.11 Å². The molecule has 3 aromatic rings. The Morgan fingerprint density at radius 1 is 0.714 bits per heavy atom. The Labute approximate surface area is 172 Å². The molecule has 0 amide bonds. The molecule has 0 heterocycles. The van der Waals surface area contributed by atoms with Gasteiger partial charge in [0.15, 0.2) is 0 Å². The minimum atomic E-state index is 0. The van der Waals surface area contributed by atoms with Crippen LogP contribution in [0.4, 0.5) is 0 Å². The molecule has 3 aromatic carbocycles. The quantitative estimate of drug-likeness (QED) is 0.474. The molecule has 0 radical (unpaired) electrons. The van der Waals surface area contributed by atoms with Crippen molar-refractivity contribution in [3.8, 4) is 5.75 Å². The second kappa shape index (κ2) is 9.78. The monoisotopic (exact) mass is 378 g/mol. The van der Waals surface area contributed by atoms with Crippen LogP contribution in [0.2, 0.25) is 0 Å². The fourth-order valence-corrected chi connectivity index (χ4v) is 3.08. The van der Waals surface area contributed by atoms with Crippen molar-refractivity contribution < 1.29 is 5.11 Å². The van der Waals surface area contributed by atoms with Crippen molar-refractivity contribution in [3.05, 3.63) is 77.4 Å². The largest absolute Gasteiger partial charge is 0.508 e. The normalized spacial score (nSPS) is 11.2. The maximum atomic E-state index is 9.78. The smallest absolute Gasteiger partial charge is 0.119 e. The van der Waals surface area contributed by atoms with E-state index in [9.17, 15) is 5.11 Å². The highest BCUT2D eigenvalue weighted by Crippen LogP contribution is 2.30. The van der Waals surface area contributed by atoms with E-state index in [1.807, 2.05) is 24.3 Å². The van der Waals surface area contributed by atoms with Crippen molar-refractivity contribution in [3.63, 3.8) is 0 Å². The standard InChI is InChI=1S/C13H14O.C13H20.CH4/c1-9(2)12-7-10-5-3-4-6-11(10)8-13(12)14;1-10(2)11-6-8-12(9-7-11)13(3,4)5;/h3-9,14H,1-2H3;6-10H,1-5H3;1H4. The molecular weight excluding hydrogens is 340 g/mol. The third kappa shape index (κ3) is 6.12. The van der Waals surface area contributed by atoms with Crippen molar-refractivity contribution in [2.75, 3.05) is 0 Å². The molecule has 0 atom stereocenters. The molecule has 0 bridgehead atoms. The lowest BCUT2D eigenvalue weighted by molar-refractivity contribution is 0.466. The van der Waals surface area contributed by atoms with E-state index >= 15 is 0 Å². The molecule has 0 aromatic heterocycles. The fourth-order valence-electron chi connectivity index (χ4n) is 3.08. The molecule has 0 saturated heterocycles. The molecule has 0 saturated carbocycles. The van der Waals surface area contributed by atoms with Crippen molar-refractivity contribution in [2.24, 2.45) is 0 Å². The van der Waals surface area contributed by atoms with Gasteiger partial charge in [0.2, 0.25) is 0 Å². The van der Waals surface area contributed by atoms with E-state index < -0.39 is 0 Å². The first-order valence-corrected chi connectivity index (χ1v) is 9.91. The van der Waals surface area contributed by atoms with Crippen LogP contribution in [-0.4, -0.2) is 5.11 Å². The maximum Gasteiger partial charge on any atom is 0.119 e. The van der Waals surface area contributed by atoms with Gasteiger partial charge in [-0.05, 0) is 56.8 Å². The fraction of sp³-hybridized carbons (Fsp3) is 0.407. The second-order valence-corrected chi connectivity index (χ2v) is 8.94. The second-order valence-electron chi connectivity index (χ2n) is 8.94. The molecule has 28 heavy (non-hydrogen) atoms. The Hall–Kier alpha value is -2.28. The van der Waals surface area contributed by atoms with E-state index in [2.05, 4.69) is 84.9 Å². The van der Waals surface area contributed by atoms with Crippen LogP contribution in [0.1, 0.15) is 84.4 Å². The number of hydrogen-bond donors (Lipinski definition) is 1. The molecule has 1 heteroatoms. The highest BCUT2D eigenvalue weighted by atomic mass is 16.3. The van der Waals surface area contributed by atoms with E-state index in [0.717, 1.165) is 10.9 Å². The number of aromatic hydroxyl groups is 1. The zero-order chi connectivity index (χ0) is 20.2. The lowest BCUT2D eigenvalue weighted by atomic mass is 9.86. The Kier molecular flexibility index (Phi) is 8.29. The van der Waals surface area contributed by atoms with Gasteiger partial charge >= 0.3 is 0 Å². The zero-order valence-corrected chi connectivity index (χ0v) is 17.9. The van der Waals surface area contributed by atoms with E-state index in [0.29, 0.717) is 17.6 Å². The van der Waals surface area contributed by atoms with Gasteiger partial charge in [0.25, 0.3) is 0 Å². The summed E-state index contributed by atoms with van der Waals surface area (Å²) in [4.78, 5) is 0. The molecule has 0 aliphatic carbocycles. The molecule has 1 N–H and O–H groups in total. The number of rotatable bonds is 2. The van der Waals surface area contributed by atoms with Gasteiger partial charge in [-0.3, -0.25) is 0 Å². The molecule has 0 fully saturated rings. The van der Waals surface area contributed by atoms with Crippen LogP contribution < -0.4 is 0 Å². The van der Waals surface area contributed by atoms with Gasteiger partial charge in [-0.1, -0.05) is 104 Å². The summed E-state index contributed by atoms with van der Waals surface area (Å²) < 4.78 is 0. The van der Waals surface area contributed by atoms with E-state index in [1.54, 1.807) is 0 Å². The summed E-state index contributed by atoms with van der Waals surface area (Å²) in [5.41, 5.74) is 4.13. The Morgan fingerprint density at radius 2 is 1.21 bits per heavy atom. The van der Waals surface area contributed by atoms with Gasteiger partial charge in [-0.15, -0.1) is 0 Å². The number of hydrogen-bond acceptors (Lipinski definition) is 1. The Bertz CT molecular complexity index is 865. The SMILES string of the molecule is C.CC(C)c1cc2ccccc2cc1O.CC(C)c1ccc(C(C)(C)C)cc1. The average molecular weight is 379 g/mol. The summed E-state index contributed by atoms with van der Waals surface area (Å²) in [6, 6.07) is 21.0. The van der Waals surface area contributed by atoms with E-state index in [4.69, 9.17) is 0 Å². The van der Waals surface area contributed by atoms with Crippen LogP contribution in [-0.2, 0) is 5.41 Å². The first kappa shape index (κ1) is 23.8. The van der Waals surface area contributed by atoms with Gasteiger partial charge in [-0.25, -0.2) is 0 Å². The lowest BCUT2D eigenvalue weighted by Crippen LogP contribution is -2.10. The Morgan fingerprint density at radius 3 is 1.64 bits per heavy atom. The minimum Gasteiger partial charge on any atom is -0.508 e.